The molecule has 8 heteroatoms. The smallest absolute Gasteiger partial charge is 0.261 e. The average Bonchev–Trinajstić information content (AvgIpc) is 3.28. The van der Waals surface area contributed by atoms with Crippen LogP contribution in [0.2, 0.25) is 0 Å². The molecule has 0 unspecified atom stereocenters. The third-order valence-electron chi connectivity index (χ3n) is 5.89. The molecule has 0 saturated carbocycles. The lowest BCUT2D eigenvalue weighted by atomic mass is 10.1. The van der Waals surface area contributed by atoms with E-state index >= 15 is 0 Å². The molecule has 1 heterocycles. The number of carbonyl (C=O) groups is 1. The first-order chi connectivity index (χ1) is 17.3. The number of oxazole rings is 1. The number of fused-ring (bicyclic) bond motifs is 2. The quantitative estimate of drug-likeness (QED) is 0.227. The van der Waals surface area contributed by atoms with E-state index in [0.29, 0.717) is 21.7 Å². The van der Waals surface area contributed by atoms with Crippen LogP contribution in [0.5, 0.6) is 5.75 Å². The Bertz CT molecular complexity index is 1660. The van der Waals surface area contributed by atoms with Crippen LogP contribution in [0.25, 0.3) is 33.3 Å². The first kappa shape index (κ1) is 24.0. The number of thiocarbonyl (C=S) groups is 1. The Morgan fingerprint density at radius 1 is 1.06 bits per heavy atom. The van der Waals surface area contributed by atoms with Crippen LogP contribution in [0.1, 0.15) is 21.5 Å². The number of anilines is 1. The summed E-state index contributed by atoms with van der Waals surface area (Å²) < 4.78 is 12.2. The maximum atomic E-state index is 13.2. The number of nitrogens with zero attached hydrogens (tertiary/aromatic N) is 1. The summed E-state index contributed by atoms with van der Waals surface area (Å²) in [7, 11) is 1.53. The molecular formula is C28H22BrN3O3S. The molecular weight excluding hydrogens is 538 g/mol. The van der Waals surface area contributed by atoms with Gasteiger partial charge in [-0.05, 0) is 94.2 Å². The van der Waals surface area contributed by atoms with Crippen molar-refractivity contribution in [1.29, 1.82) is 0 Å². The van der Waals surface area contributed by atoms with Gasteiger partial charge in [-0.15, -0.1) is 0 Å². The highest BCUT2D eigenvalue weighted by atomic mass is 79.9. The zero-order valence-corrected chi connectivity index (χ0v) is 22.2. The van der Waals surface area contributed by atoms with Gasteiger partial charge < -0.3 is 14.5 Å². The van der Waals surface area contributed by atoms with E-state index in [1.165, 1.54) is 7.11 Å². The number of benzene rings is 4. The zero-order valence-electron chi connectivity index (χ0n) is 19.8. The monoisotopic (exact) mass is 559 g/mol. The minimum atomic E-state index is -0.376. The van der Waals surface area contributed by atoms with Gasteiger partial charge in [-0.1, -0.05) is 36.4 Å². The number of hydrogen-bond acceptors (Lipinski definition) is 5. The Labute approximate surface area is 221 Å². The van der Waals surface area contributed by atoms with Crippen molar-refractivity contribution in [3.05, 3.63) is 87.9 Å². The summed E-state index contributed by atoms with van der Waals surface area (Å²) in [4.78, 5) is 17.8. The van der Waals surface area contributed by atoms with E-state index in [1.807, 2.05) is 74.5 Å². The maximum absolute atomic E-state index is 13.2. The molecule has 0 saturated heterocycles. The summed E-state index contributed by atoms with van der Waals surface area (Å²) in [5, 5.41) is 7.92. The van der Waals surface area contributed by atoms with Crippen molar-refractivity contribution in [1.82, 2.24) is 10.3 Å². The summed E-state index contributed by atoms with van der Waals surface area (Å²) in [6.45, 7) is 3.96. The van der Waals surface area contributed by atoms with E-state index < -0.39 is 0 Å². The van der Waals surface area contributed by atoms with Gasteiger partial charge in [-0.2, -0.15) is 0 Å². The van der Waals surface area contributed by atoms with Crippen LogP contribution in [0.15, 0.2) is 75.6 Å². The molecule has 0 aliphatic carbocycles. The fraction of sp³-hybridized carbons (Fsp3) is 0.107. The van der Waals surface area contributed by atoms with Crippen molar-refractivity contribution in [2.45, 2.75) is 13.8 Å². The molecule has 5 rings (SSSR count). The second-order valence-corrected chi connectivity index (χ2v) is 9.62. The predicted octanol–water partition coefficient (Wildman–Crippen LogP) is 7.16. The number of amides is 1. The molecule has 1 amide bonds. The number of rotatable bonds is 4. The van der Waals surface area contributed by atoms with Crippen molar-refractivity contribution < 1.29 is 13.9 Å². The third-order valence-corrected chi connectivity index (χ3v) is 6.88. The summed E-state index contributed by atoms with van der Waals surface area (Å²) in [5.41, 5.74) is 5.50. The molecule has 5 aromatic rings. The molecule has 0 fully saturated rings. The molecule has 0 aliphatic heterocycles. The molecule has 6 nitrogen and oxygen atoms in total. The van der Waals surface area contributed by atoms with Crippen LogP contribution in [0, 0.1) is 13.8 Å². The number of methoxy groups -OCH3 is 1. The first-order valence-corrected chi connectivity index (χ1v) is 12.4. The van der Waals surface area contributed by atoms with Crippen LogP contribution < -0.4 is 15.4 Å². The van der Waals surface area contributed by atoms with Gasteiger partial charge in [0.05, 0.1) is 17.1 Å². The minimum absolute atomic E-state index is 0.166. The highest BCUT2D eigenvalue weighted by Gasteiger charge is 2.19. The van der Waals surface area contributed by atoms with Gasteiger partial charge in [-0.3, -0.25) is 10.1 Å². The van der Waals surface area contributed by atoms with Gasteiger partial charge in [0, 0.05) is 11.3 Å². The number of aryl methyl sites for hydroxylation is 2. The topological polar surface area (TPSA) is 76.4 Å². The van der Waals surface area contributed by atoms with Crippen LogP contribution in [-0.2, 0) is 0 Å². The van der Waals surface area contributed by atoms with Gasteiger partial charge in [0.1, 0.15) is 11.3 Å². The fourth-order valence-corrected chi connectivity index (χ4v) is 4.96. The first-order valence-electron chi connectivity index (χ1n) is 11.2. The van der Waals surface area contributed by atoms with E-state index in [-0.39, 0.29) is 11.0 Å². The molecule has 0 aliphatic rings. The zero-order chi connectivity index (χ0) is 25.4. The van der Waals surface area contributed by atoms with E-state index in [2.05, 4.69) is 31.5 Å². The van der Waals surface area contributed by atoms with Crippen LogP contribution in [-0.4, -0.2) is 23.1 Å². The van der Waals surface area contributed by atoms with Gasteiger partial charge in [-0.25, -0.2) is 4.98 Å². The summed E-state index contributed by atoms with van der Waals surface area (Å²) >= 11 is 9.04. The van der Waals surface area contributed by atoms with Crippen molar-refractivity contribution in [3.8, 4) is 17.2 Å². The average molecular weight is 560 g/mol. The van der Waals surface area contributed by atoms with Gasteiger partial charge in [0.2, 0.25) is 5.89 Å². The van der Waals surface area contributed by atoms with E-state index in [1.54, 1.807) is 6.07 Å². The van der Waals surface area contributed by atoms with Gasteiger partial charge in [0.15, 0.2) is 10.7 Å². The molecule has 4 aromatic carbocycles. The maximum Gasteiger partial charge on any atom is 0.261 e. The number of halogens is 1. The van der Waals surface area contributed by atoms with Crippen LogP contribution >= 0.6 is 28.1 Å². The van der Waals surface area contributed by atoms with E-state index in [4.69, 9.17) is 21.4 Å². The van der Waals surface area contributed by atoms with E-state index in [0.717, 1.165) is 44.2 Å². The number of aromatic nitrogens is 1. The molecule has 0 bridgehead atoms. The fourth-order valence-electron chi connectivity index (χ4n) is 4.02. The number of hydrogen-bond donors (Lipinski definition) is 2. The molecule has 2 N–H and O–H groups in total. The largest absolute Gasteiger partial charge is 0.495 e. The number of nitrogens with one attached hydrogen (secondary N) is 2. The molecule has 0 atom stereocenters. The predicted molar refractivity (Wildman–Crippen MR) is 151 cm³/mol. The Kier molecular flexibility index (Phi) is 6.47. The normalized spacial score (nSPS) is 11.0. The van der Waals surface area contributed by atoms with Crippen molar-refractivity contribution in [2.24, 2.45) is 0 Å². The van der Waals surface area contributed by atoms with Gasteiger partial charge in [0.25, 0.3) is 5.91 Å². The Morgan fingerprint density at radius 3 is 2.67 bits per heavy atom. The number of carbonyl (C=O) groups excluding carboxylic acids is 1. The molecule has 0 radical (unpaired) electrons. The second kappa shape index (κ2) is 9.72. The molecule has 36 heavy (non-hydrogen) atoms. The Hall–Kier alpha value is -3.75. The van der Waals surface area contributed by atoms with Crippen LogP contribution in [0.4, 0.5) is 5.69 Å². The number of ether oxygens (including phenoxy) is 1. The standard InChI is InChI=1S/C28H22BrN3O3S/c1-15-8-11-21-23(12-15)35-27(30-21)18-10-9-16(2)22(14-18)31-28(36)32-26(33)20-13-17-6-4-5-7-19(17)24(29)25(20)34-3/h4-14H,1-3H3,(H2,31,32,33,36). The molecule has 180 valence electrons. The molecule has 0 spiro atoms. The summed E-state index contributed by atoms with van der Waals surface area (Å²) in [6, 6.07) is 21.2. The lowest BCUT2D eigenvalue weighted by molar-refractivity contribution is 0.0975. The lowest BCUT2D eigenvalue weighted by Crippen LogP contribution is -2.34. The van der Waals surface area contributed by atoms with Crippen molar-refractivity contribution in [2.75, 3.05) is 12.4 Å². The Morgan fingerprint density at radius 2 is 1.86 bits per heavy atom. The summed E-state index contributed by atoms with van der Waals surface area (Å²) in [5.74, 6) is 0.580. The van der Waals surface area contributed by atoms with Crippen LogP contribution in [0.3, 0.4) is 0 Å². The lowest BCUT2D eigenvalue weighted by Gasteiger charge is -2.15. The minimum Gasteiger partial charge on any atom is -0.495 e. The highest BCUT2D eigenvalue weighted by molar-refractivity contribution is 9.10. The van der Waals surface area contributed by atoms with E-state index in [9.17, 15) is 4.79 Å². The SMILES string of the molecule is COc1c(C(=O)NC(=S)Nc2cc(-c3nc4ccc(C)cc4o3)ccc2C)cc2ccccc2c1Br. The summed E-state index contributed by atoms with van der Waals surface area (Å²) in [6.07, 6.45) is 0. The Balaban J connectivity index is 1.39. The highest BCUT2D eigenvalue weighted by Crippen LogP contribution is 2.36. The van der Waals surface area contributed by atoms with Gasteiger partial charge >= 0.3 is 0 Å². The second-order valence-electron chi connectivity index (χ2n) is 8.42. The molecule has 1 aromatic heterocycles. The van der Waals surface area contributed by atoms with Crippen molar-refractivity contribution >= 4 is 66.7 Å². The van der Waals surface area contributed by atoms with Crippen molar-refractivity contribution in [3.63, 3.8) is 0 Å². The third kappa shape index (κ3) is 4.57.